The lowest BCUT2D eigenvalue weighted by Gasteiger charge is -2.03. The molecule has 0 aliphatic carbocycles. The van der Waals surface area contributed by atoms with E-state index in [2.05, 4.69) is 4.74 Å². The minimum absolute atomic E-state index is 0.00286. The van der Waals surface area contributed by atoms with Gasteiger partial charge >= 0.3 is 5.97 Å². The fourth-order valence-electron chi connectivity index (χ4n) is 0.716. The van der Waals surface area contributed by atoms with Gasteiger partial charge in [-0.25, -0.2) is 4.79 Å². The van der Waals surface area contributed by atoms with E-state index in [4.69, 9.17) is 21.7 Å². The first-order valence-electron chi connectivity index (χ1n) is 3.34. The second kappa shape index (κ2) is 4.11. The predicted molar refractivity (Wildman–Crippen MR) is 43.4 cm³/mol. The van der Waals surface area contributed by atoms with Crippen molar-refractivity contribution >= 4 is 23.5 Å². The fraction of sp³-hybridized carbons (Fsp3) is 0.429. The van der Waals surface area contributed by atoms with Gasteiger partial charge in [-0.05, 0) is 0 Å². The van der Waals surface area contributed by atoms with Gasteiger partial charge in [0.2, 0.25) is 0 Å². The number of nitrogens with one attached hydrogen (secondary N) is 1. The van der Waals surface area contributed by atoms with E-state index >= 15 is 0 Å². The van der Waals surface area contributed by atoms with Gasteiger partial charge in [0, 0.05) is 11.6 Å². The summed E-state index contributed by atoms with van der Waals surface area (Å²) in [5, 5.41) is 7.04. The molecule has 0 radical (unpaired) electrons. The number of carbonyl (C=O) groups excluding carboxylic acids is 1. The summed E-state index contributed by atoms with van der Waals surface area (Å²) in [7, 11) is 0. The number of hydrogen-bond donors (Lipinski definition) is 1. The summed E-state index contributed by atoms with van der Waals surface area (Å²) in [5.74, 6) is -0.315. The molecule has 4 nitrogen and oxygen atoms in total. The summed E-state index contributed by atoms with van der Waals surface area (Å²) in [6.07, 6.45) is 1.36. The Balaban J connectivity index is 2.28. The number of alkyl halides is 1. The first kappa shape index (κ1) is 9.06. The zero-order chi connectivity index (χ0) is 8.97. The largest absolute Gasteiger partial charge is 0.476 e. The smallest absolute Gasteiger partial charge is 0.331 e. The van der Waals surface area contributed by atoms with Crippen LogP contribution in [0.3, 0.4) is 0 Å². The van der Waals surface area contributed by atoms with Gasteiger partial charge in [-0.3, -0.25) is 5.41 Å². The molecule has 0 spiro atoms. The molecule has 0 bridgehead atoms. The molecule has 0 aromatic carbocycles. The Bertz CT molecular complexity index is 237. The van der Waals surface area contributed by atoms with E-state index in [-0.39, 0.29) is 31.0 Å². The van der Waals surface area contributed by atoms with E-state index in [1.54, 1.807) is 0 Å². The van der Waals surface area contributed by atoms with Gasteiger partial charge in [0.1, 0.15) is 13.2 Å². The van der Waals surface area contributed by atoms with Gasteiger partial charge in [-0.1, -0.05) is 0 Å². The van der Waals surface area contributed by atoms with Gasteiger partial charge in [0.15, 0.2) is 5.90 Å². The second-order valence-electron chi connectivity index (χ2n) is 2.26. The quantitative estimate of drug-likeness (QED) is 0.308. The summed E-state index contributed by atoms with van der Waals surface area (Å²) in [6.45, 7) is 0.464. The number of rotatable bonds is 3. The molecule has 1 rings (SSSR count). The highest BCUT2D eigenvalue weighted by Gasteiger charge is 2.13. The average Bonchev–Trinajstić information content (AvgIpc) is 2.47. The van der Waals surface area contributed by atoms with Crippen molar-refractivity contribution in [3.63, 3.8) is 0 Å². The van der Waals surface area contributed by atoms with Crippen molar-refractivity contribution in [1.29, 1.82) is 5.41 Å². The molecular weight excluding hydrogens is 182 g/mol. The van der Waals surface area contributed by atoms with Crippen LogP contribution in [0.2, 0.25) is 0 Å². The molecule has 0 aromatic heterocycles. The van der Waals surface area contributed by atoms with Gasteiger partial charge < -0.3 is 9.47 Å². The average molecular weight is 190 g/mol. The zero-order valence-electron chi connectivity index (χ0n) is 6.30. The van der Waals surface area contributed by atoms with E-state index < -0.39 is 0 Å². The third-order valence-corrected chi connectivity index (χ3v) is 1.52. The number of hydrogen-bond acceptors (Lipinski definition) is 4. The van der Waals surface area contributed by atoms with Crippen LogP contribution in [0.15, 0.2) is 11.6 Å². The third-order valence-electron chi connectivity index (χ3n) is 1.27. The number of carbonyl (C=O) groups is 1. The standard InChI is InChI=1S/C7H8ClNO3/c8-2-6(9)11-3-5-1-7(10)12-4-5/h1,9H,2-4H2. The summed E-state index contributed by atoms with van der Waals surface area (Å²) in [4.78, 5) is 10.5. The fourth-order valence-corrected chi connectivity index (χ4v) is 0.793. The number of esters is 1. The van der Waals surface area contributed by atoms with Crippen LogP contribution < -0.4 is 0 Å². The van der Waals surface area contributed by atoms with Crippen molar-refractivity contribution in [3.8, 4) is 0 Å². The summed E-state index contributed by atoms with van der Waals surface area (Å²) >= 11 is 5.30. The van der Waals surface area contributed by atoms with Crippen LogP contribution in [0, 0.1) is 5.41 Å². The van der Waals surface area contributed by atoms with Crippen molar-refractivity contribution in [1.82, 2.24) is 0 Å². The number of cyclic esters (lactones) is 1. The van der Waals surface area contributed by atoms with Gasteiger partial charge in [0.05, 0.1) is 5.88 Å². The maximum absolute atomic E-state index is 10.5. The van der Waals surface area contributed by atoms with E-state index in [0.717, 1.165) is 5.57 Å². The first-order valence-corrected chi connectivity index (χ1v) is 3.88. The Labute approximate surface area is 74.6 Å². The molecule has 12 heavy (non-hydrogen) atoms. The molecule has 0 saturated carbocycles. The summed E-state index contributed by atoms with van der Waals surface area (Å²) in [5.41, 5.74) is 0.731. The number of halogens is 1. The predicted octanol–water partition coefficient (Wildman–Crippen LogP) is 0.702. The Morgan fingerprint density at radius 1 is 1.83 bits per heavy atom. The lowest BCUT2D eigenvalue weighted by Crippen LogP contribution is -2.08. The van der Waals surface area contributed by atoms with Crippen LogP contribution in [0.5, 0.6) is 0 Å². The minimum atomic E-state index is -0.356. The van der Waals surface area contributed by atoms with Crippen molar-refractivity contribution in [2.45, 2.75) is 0 Å². The van der Waals surface area contributed by atoms with Crippen molar-refractivity contribution in [2.75, 3.05) is 19.1 Å². The van der Waals surface area contributed by atoms with E-state index in [1.165, 1.54) is 6.08 Å². The van der Waals surface area contributed by atoms with Crippen LogP contribution in [-0.4, -0.2) is 31.0 Å². The maximum Gasteiger partial charge on any atom is 0.331 e. The molecule has 5 heteroatoms. The molecule has 0 aromatic rings. The lowest BCUT2D eigenvalue weighted by molar-refractivity contribution is -0.134. The normalized spacial score (nSPS) is 15.4. The summed E-state index contributed by atoms with van der Waals surface area (Å²) < 4.78 is 9.49. The van der Waals surface area contributed by atoms with Gasteiger partial charge in [0.25, 0.3) is 0 Å². The SMILES string of the molecule is N=C(CCl)OCC1=CC(=O)OC1. The van der Waals surface area contributed by atoms with E-state index in [0.29, 0.717) is 0 Å². The third kappa shape index (κ3) is 2.54. The monoisotopic (exact) mass is 189 g/mol. The highest BCUT2D eigenvalue weighted by molar-refractivity contribution is 6.26. The molecule has 1 aliphatic rings. The Hall–Kier alpha value is -1.03. The topological polar surface area (TPSA) is 59.4 Å². The molecule has 1 N–H and O–H groups in total. The lowest BCUT2D eigenvalue weighted by atomic mass is 10.3. The van der Waals surface area contributed by atoms with Crippen LogP contribution in [0.4, 0.5) is 0 Å². The summed E-state index contributed by atoms with van der Waals surface area (Å²) in [6, 6.07) is 0. The Morgan fingerprint density at radius 3 is 3.08 bits per heavy atom. The Morgan fingerprint density at radius 2 is 2.58 bits per heavy atom. The first-order chi connectivity index (χ1) is 5.72. The molecule has 0 fully saturated rings. The van der Waals surface area contributed by atoms with Crippen molar-refractivity contribution in [3.05, 3.63) is 11.6 Å². The van der Waals surface area contributed by atoms with Crippen LogP contribution in [-0.2, 0) is 14.3 Å². The van der Waals surface area contributed by atoms with Gasteiger partial charge in [-0.2, -0.15) is 0 Å². The highest BCUT2D eigenvalue weighted by atomic mass is 35.5. The maximum atomic E-state index is 10.5. The minimum Gasteiger partial charge on any atom is -0.476 e. The van der Waals surface area contributed by atoms with Crippen LogP contribution in [0.25, 0.3) is 0 Å². The Kier molecular flexibility index (Phi) is 3.10. The molecule has 1 aliphatic heterocycles. The van der Waals surface area contributed by atoms with Gasteiger partial charge in [-0.15, -0.1) is 11.6 Å². The van der Waals surface area contributed by atoms with Crippen LogP contribution >= 0.6 is 11.6 Å². The number of ether oxygens (including phenoxy) is 2. The molecular formula is C7H8ClNO3. The van der Waals surface area contributed by atoms with Crippen molar-refractivity contribution < 1.29 is 14.3 Å². The van der Waals surface area contributed by atoms with Crippen LogP contribution in [0.1, 0.15) is 0 Å². The van der Waals surface area contributed by atoms with E-state index in [1.807, 2.05) is 0 Å². The molecule has 66 valence electrons. The molecule has 0 amide bonds. The molecule has 0 unspecified atom stereocenters. The van der Waals surface area contributed by atoms with E-state index in [9.17, 15) is 4.79 Å². The molecule has 0 saturated heterocycles. The molecule has 1 heterocycles. The van der Waals surface area contributed by atoms with Crippen molar-refractivity contribution in [2.24, 2.45) is 0 Å². The highest BCUT2D eigenvalue weighted by Crippen LogP contribution is 2.05. The second-order valence-corrected chi connectivity index (χ2v) is 2.52. The molecule has 0 atom stereocenters. The zero-order valence-corrected chi connectivity index (χ0v) is 7.06.